The lowest BCUT2D eigenvalue weighted by molar-refractivity contribution is -0.384. The van der Waals surface area contributed by atoms with Gasteiger partial charge in [-0.2, -0.15) is 0 Å². The van der Waals surface area contributed by atoms with E-state index in [1.54, 1.807) is 16.4 Å². The van der Waals surface area contributed by atoms with Gasteiger partial charge in [0.1, 0.15) is 18.1 Å². The van der Waals surface area contributed by atoms with Crippen molar-refractivity contribution < 1.29 is 28.8 Å². The molecule has 0 saturated carbocycles. The molecule has 0 radical (unpaired) electrons. The molecule has 50 heavy (non-hydrogen) atoms. The fourth-order valence-corrected chi connectivity index (χ4v) is 7.46. The summed E-state index contributed by atoms with van der Waals surface area (Å²) in [6.45, 7) is 7.35. The number of nitro groups is 1. The first-order valence-electron chi connectivity index (χ1n) is 16.2. The molecule has 6 rings (SSSR count). The van der Waals surface area contributed by atoms with Gasteiger partial charge in [0.2, 0.25) is 11.1 Å². The maximum atomic E-state index is 13.6. The molecule has 0 unspecified atom stereocenters. The van der Waals surface area contributed by atoms with Crippen LogP contribution in [0.5, 0.6) is 5.75 Å². The highest BCUT2D eigenvalue weighted by Gasteiger charge is 2.59. The van der Waals surface area contributed by atoms with Crippen molar-refractivity contribution in [2.24, 2.45) is 17.8 Å². The van der Waals surface area contributed by atoms with Crippen molar-refractivity contribution in [2.75, 3.05) is 27.2 Å². The van der Waals surface area contributed by atoms with Crippen molar-refractivity contribution in [2.45, 2.75) is 44.3 Å². The van der Waals surface area contributed by atoms with Crippen LogP contribution in [0.4, 0.5) is 5.69 Å². The smallest absolute Gasteiger partial charge is 0.363 e. The van der Waals surface area contributed by atoms with E-state index < -0.39 is 16.9 Å². The molecule has 0 bridgehead atoms. The number of esters is 2. The Kier molecular flexibility index (Phi) is 9.97. The number of β-lactam (4-membered cyclic amide) rings is 1. The number of thioether (sulfide) groups is 1. The van der Waals surface area contributed by atoms with E-state index in [1.807, 2.05) is 71.3 Å². The number of hydrogen-bond acceptors (Lipinski definition) is 12. The number of tetrazole rings is 1. The Balaban J connectivity index is 1.24. The highest BCUT2D eigenvalue weighted by molar-refractivity contribution is 7.98. The number of non-ortho nitro benzene ring substituents is 1. The summed E-state index contributed by atoms with van der Waals surface area (Å²) in [7, 11) is 4.00. The van der Waals surface area contributed by atoms with Gasteiger partial charge in [-0.25, -0.2) is 14.3 Å². The van der Waals surface area contributed by atoms with Crippen molar-refractivity contribution in [1.82, 2.24) is 30.0 Å². The van der Waals surface area contributed by atoms with Gasteiger partial charge in [0.15, 0.2) is 0 Å². The topological polar surface area (TPSA) is 163 Å². The lowest BCUT2D eigenvalue weighted by Gasteiger charge is -2.47. The number of nitro benzene ring substituents is 1. The second-order valence-electron chi connectivity index (χ2n) is 12.9. The van der Waals surface area contributed by atoms with Crippen LogP contribution in [0.25, 0.3) is 10.8 Å². The molecule has 2 aliphatic heterocycles. The first kappa shape index (κ1) is 34.7. The minimum absolute atomic E-state index is 0.00368. The molecule has 3 heterocycles. The molecule has 0 spiro atoms. The molecule has 14 nitrogen and oxygen atoms in total. The van der Waals surface area contributed by atoms with Crippen LogP contribution in [0.3, 0.4) is 0 Å². The number of amides is 1. The maximum absolute atomic E-state index is 13.6. The normalized spacial score (nSPS) is 18.5. The van der Waals surface area contributed by atoms with Crippen LogP contribution < -0.4 is 4.74 Å². The Hall–Kier alpha value is -5.15. The van der Waals surface area contributed by atoms with Gasteiger partial charge in [0.05, 0.1) is 29.0 Å². The van der Waals surface area contributed by atoms with Crippen molar-refractivity contribution in [1.29, 1.82) is 0 Å². The number of carbonyl (C=O) groups excluding carboxylic acids is 3. The molecule has 0 N–H and O–H groups in total. The zero-order chi connectivity index (χ0) is 35.7. The van der Waals surface area contributed by atoms with Crippen LogP contribution in [0, 0.1) is 27.9 Å². The zero-order valence-electron chi connectivity index (χ0n) is 28.3. The Bertz CT molecular complexity index is 1990. The highest BCUT2D eigenvalue weighted by Crippen LogP contribution is 2.49. The zero-order valence-corrected chi connectivity index (χ0v) is 29.1. The number of benzene rings is 3. The summed E-state index contributed by atoms with van der Waals surface area (Å²) in [6.07, 6.45) is 0. The highest BCUT2D eigenvalue weighted by atomic mass is 32.2. The number of fused-ring (bicyclic) bond motifs is 2. The quantitative estimate of drug-likeness (QED) is 0.0471. The average Bonchev–Trinajstić information content (AvgIpc) is 3.64. The van der Waals surface area contributed by atoms with Gasteiger partial charge < -0.3 is 19.3 Å². The van der Waals surface area contributed by atoms with Gasteiger partial charge >= 0.3 is 11.9 Å². The molecule has 0 aliphatic carbocycles. The first-order chi connectivity index (χ1) is 24.0. The summed E-state index contributed by atoms with van der Waals surface area (Å²) in [5.74, 6) is -1.43. The molecule has 15 heteroatoms. The lowest BCUT2D eigenvalue weighted by atomic mass is 9.74. The Morgan fingerprint density at radius 1 is 1.04 bits per heavy atom. The van der Waals surface area contributed by atoms with Crippen molar-refractivity contribution in [3.05, 3.63) is 93.2 Å². The van der Waals surface area contributed by atoms with E-state index in [9.17, 15) is 24.5 Å². The van der Waals surface area contributed by atoms with E-state index in [4.69, 9.17) is 9.47 Å². The third-order valence-corrected chi connectivity index (χ3v) is 10.2. The molecule has 2 aliphatic rings. The molecule has 3 aromatic carbocycles. The van der Waals surface area contributed by atoms with Crippen molar-refractivity contribution in [3.63, 3.8) is 0 Å². The van der Waals surface area contributed by atoms with Crippen LogP contribution in [0.1, 0.15) is 36.7 Å². The third kappa shape index (κ3) is 6.70. The van der Waals surface area contributed by atoms with Crippen molar-refractivity contribution in [3.8, 4) is 5.75 Å². The fourth-order valence-electron chi connectivity index (χ4n) is 6.55. The second-order valence-corrected chi connectivity index (χ2v) is 13.9. The van der Waals surface area contributed by atoms with E-state index in [-0.39, 0.29) is 53.3 Å². The SMILES string of the molecule is CC(C)[C@H]1C(=O)N2C(C(=O)OC(=O)c3ccc([N+](=O)[O-])cc3)=C(COc3cccc4c(CSc5nnnn5CCN(C)C)cccc34)[C@H](C)[C@H]12. The van der Waals surface area contributed by atoms with E-state index in [2.05, 4.69) is 20.4 Å². The van der Waals surface area contributed by atoms with E-state index in [0.29, 0.717) is 23.6 Å². The molecule has 1 amide bonds. The summed E-state index contributed by atoms with van der Waals surface area (Å²) < 4.78 is 13.5. The summed E-state index contributed by atoms with van der Waals surface area (Å²) in [6, 6.07) is 16.2. The summed E-state index contributed by atoms with van der Waals surface area (Å²) >= 11 is 1.55. The molecule has 3 atom stereocenters. The minimum atomic E-state index is -0.978. The number of ether oxygens (including phenoxy) is 2. The van der Waals surface area contributed by atoms with Crippen LogP contribution in [-0.2, 0) is 26.6 Å². The molecule has 1 aromatic heterocycles. The van der Waals surface area contributed by atoms with E-state index in [1.165, 1.54) is 17.0 Å². The molecule has 1 saturated heterocycles. The van der Waals surface area contributed by atoms with E-state index in [0.717, 1.165) is 40.2 Å². The minimum Gasteiger partial charge on any atom is -0.488 e. The molecular formula is C35H37N7O7S. The monoisotopic (exact) mass is 699 g/mol. The largest absolute Gasteiger partial charge is 0.488 e. The number of likely N-dealkylation sites (N-methyl/N-ethyl adjacent to an activating group) is 1. The summed E-state index contributed by atoms with van der Waals surface area (Å²) in [5, 5.41) is 25.8. The number of carbonyl (C=O) groups is 3. The Morgan fingerprint density at radius 2 is 1.76 bits per heavy atom. The number of nitrogens with zero attached hydrogens (tertiary/aromatic N) is 7. The summed E-state index contributed by atoms with van der Waals surface area (Å²) in [5.41, 5.74) is 1.39. The van der Waals surface area contributed by atoms with Gasteiger partial charge in [-0.3, -0.25) is 14.9 Å². The van der Waals surface area contributed by atoms with E-state index >= 15 is 0 Å². The third-order valence-electron chi connectivity index (χ3n) is 9.18. The summed E-state index contributed by atoms with van der Waals surface area (Å²) in [4.78, 5) is 53.8. The predicted molar refractivity (Wildman–Crippen MR) is 184 cm³/mol. The van der Waals surface area contributed by atoms with Crippen LogP contribution in [-0.4, -0.2) is 86.1 Å². The van der Waals surface area contributed by atoms with Crippen molar-refractivity contribution >= 4 is 46.1 Å². The Morgan fingerprint density at radius 3 is 2.46 bits per heavy atom. The van der Waals surface area contributed by atoms with Crippen LogP contribution >= 0.6 is 11.8 Å². The molecule has 1 fully saturated rings. The van der Waals surface area contributed by atoms with Gasteiger partial charge in [-0.05, 0) is 59.6 Å². The Labute approximate surface area is 292 Å². The van der Waals surface area contributed by atoms with Crippen LogP contribution in [0.15, 0.2) is 77.1 Å². The molecule has 260 valence electrons. The van der Waals surface area contributed by atoms with Gasteiger partial charge in [-0.15, -0.1) is 5.10 Å². The van der Waals surface area contributed by atoms with Gasteiger partial charge in [-0.1, -0.05) is 62.9 Å². The molecular weight excluding hydrogens is 662 g/mol. The van der Waals surface area contributed by atoms with Crippen LogP contribution in [0.2, 0.25) is 0 Å². The van der Waals surface area contributed by atoms with Gasteiger partial charge in [0, 0.05) is 41.3 Å². The standard InChI is InChI=1S/C35H37N7O7S/c1-20(2)29-30-21(3)27(31(41(30)32(29)43)34(45)49-33(44)22-12-14-24(15-13-22)42(46)47)18-48-28-11-7-9-25-23(8-6-10-26(25)28)19-50-35-36-37-38-40(35)17-16-39(4)5/h6-15,20-21,29-30H,16-19H2,1-5H3/t21-,29+,30+/m0/s1. The average molecular weight is 700 g/mol. The van der Waals surface area contributed by atoms with Gasteiger partial charge in [0.25, 0.3) is 5.69 Å². The number of rotatable bonds is 13. The lowest BCUT2D eigenvalue weighted by Crippen LogP contribution is -2.62. The number of aromatic nitrogens is 4. The second kappa shape index (κ2) is 14.4. The first-order valence-corrected chi connectivity index (χ1v) is 17.2. The molecule has 4 aromatic rings. The fraction of sp³-hybridized carbons (Fsp3) is 0.371. The maximum Gasteiger partial charge on any atom is 0.363 e. The predicted octanol–water partition coefficient (Wildman–Crippen LogP) is 4.74. The number of hydrogen-bond donors (Lipinski definition) is 0.